The van der Waals surface area contributed by atoms with Gasteiger partial charge in [-0.05, 0) is 95.0 Å². The van der Waals surface area contributed by atoms with Crippen LogP contribution in [0.2, 0.25) is 0 Å². The van der Waals surface area contributed by atoms with Gasteiger partial charge in [0.25, 0.3) is 0 Å². The second-order valence-corrected chi connectivity index (χ2v) is 14.1. The molecule has 0 aromatic heterocycles. The molecule has 0 aliphatic heterocycles. The predicted molar refractivity (Wildman–Crippen MR) is 178 cm³/mol. The Morgan fingerprint density at radius 3 is 1.47 bits per heavy atom. The average Bonchev–Trinajstić information content (AvgIpc) is 2.87. The lowest BCUT2D eigenvalue weighted by atomic mass is 9.81. The fourth-order valence-electron chi connectivity index (χ4n) is 5.24. The van der Waals surface area contributed by atoms with E-state index in [0.29, 0.717) is 29.9 Å². The van der Waals surface area contributed by atoms with E-state index in [9.17, 15) is 9.59 Å². The van der Waals surface area contributed by atoms with E-state index in [1.807, 2.05) is 0 Å². The van der Waals surface area contributed by atoms with E-state index in [0.717, 1.165) is 39.8 Å². The summed E-state index contributed by atoms with van der Waals surface area (Å²) in [4.78, 5) is 25.4. The molecule has 0 spiro atoms. The monoisotopic (exact) mass is 582 g/mol. The Balaban J connectivity index is 2.38. The minimum absolute atomic E-state index is 0.109. The number of aryl methyl sites for hydroxylation is 4. The maximum absolute atomic E-state index is 13.1. The van der Waals surface area contributed by atoms with Crippen molar-refractivity contribution < 1.29 is 19.1 Å². The van der Waals surface area contributed by atoms with Crippen LogP contribution in [0.4, 0.5) is 0 Å². The maximum Gasteiger partial charge on any atom is 0.338 e. The molecule has 0 amide bonds. The lowest BCUT2D eigenvalue weighted by Gasteiger charge is -2.26. The molecular weight excluding hydrogens is 532 g/mol. The Morgan fingerprint density at radius 1 is 0.628 bits per heavy atom. The summed E-state index contributed by atoms with van der Waals surface area (Å²) < 4.78 is 12.0. The van der Waals surface area contributed by atoms with Gasteiger partial charge in [-0.15, -0.1) is 0 Å². The fraction of sp³-hybridized carbons (Fsp3) is 0.436. The summed E-state index contributed by atoms with van der Waals surface area (Å²) >= 11 is 0. The molecule has 3 rings (SSSR count). The van der Waals surface area contributed by atoms with Crippen LogP contribution >= 0.6 is 0 Å². The number of rotatable bonds is 8. The number of hydrogen-bond acceptors (Lipinski definition) is 4. The highest BCUT2D eigenvalue weighted by Gasteiger charge is 2.25. The van der Waals surface area contributed by atoms with Crippen LogP contribution in [0.25, 0.3) is 0 Å². The molecule has 0 radical (unpaired) electrons. The Kier molecular flexibility index (Phi) is 10.2. The first-order valence-corrected chi connectivity index (χ1v) is 15.3. The molecule has 3 aromatic rings. The van der Waals surface area contributed by atoms with Gasteiger partial charge in [0.05, 0.1) is 0 Å². The molecule has 0 bridgehead atoms. The summed E-state index contributed by atoms with van der Waals surface area (Å²) in [5.74, 6) is 0.322. The minimum Gasteiger partial charge on any atom is -0.426 e. The van der Waals surface area contributed by atoms with Gasteiger partial charge in [-0.25, -0.2) is 4.79 Å². The first kappa shape index (κ1) is 33.8. The van der Waals surface area contributed by atoms with E-state index >= 15 is 0 Å². The molecule has 230 valence electrons. The van der Waals surface area contributed by atoms with E-state index < -0.39 is 5.97 Å². The van der Waals surface area contributed by atoms with Crippen molar-refractivity contribution in [3.8, 4) is 11.5 Å². The predicted octanol–water partition coefficient (Wildman–Crippen LogP) is 9.36. The summed E-state index contributed by atoms with van der Waals surface area (Å²) in [5, 5.41) is 0. The van der Waals surface area contributed by atoms with Gasteiger partial charge >= 0.3 is 11.9 Å². The van der Waals surface area contributed by atoms with Gasteiger partial charge in [-0.2, -0.15) is 0 Å². The van der Waals surface area contributed by atoms with Crippen LogP contribution in [-0.4, -0.2) is 11.9 Å². The van der Waals surface area contributed by atoms with Crippen LogP contribution in [-0.2, 0) is 39.7 Å². The zero-order valence-corrected chi connectivity index (χ0v) is 28.4. The lowest BCUT2D eigenvalue weighted by molar-refractivity contribution is -0.132. The van der Waals surface area contributed by atoms with Crippen molar-refractivity contribution in [2.45, 2.75) is 113 Å². The summed E-state index contributed by atoms with van der Waals surface area (Å²) in [6.45, 7) is 28.5. The number of hydrogen-bond donors (Lipinski definition) is 0. The van der Waals surface area contributed by atoms with Crippen molar-refractivity contribution in [1.82, 2.24) is 0 Å². The summed E-state index contributed by atoms with van der Waals surface area (Å²) in [7, 11) is 0. The second-order valence-electron chi connectivity index (χ2n) is 14.1. The highest BCUT2D eigenvalue weighted by molar-refractivity contribution is 5.89. The number of esters is 2. The molecule has 43 heavy (non-hydrogen) atoms. The van der Waals surface area contributed by atoms with Crippen molar-refractivity contribution in [2.75, 3.05) is 0 Å². The van der Waals surface area contributed by atoms with Crippen LogP contribution in [0.1, 0.15) is 118 Å². The van der Waals surface area contributed by atoms with Gasteiger partial charge < -0.3 is 9.47 Å². The van der Waals surface area contributed by atoms with Gasteiger partial charge in [0.1, 0.15) is 11.5 Å². The molecule has 0 saturated heterocycles. The summed E-state index contributed by atoms with van der Waals surface area (Å²) in [6.07, 6.45) is 1.76. The van der Waals surface area contributed by atoms with E-state index in [2.05, 4.69) is 112 Å². The SMILES string of the molecule is C=C(C)C(=O)Oc1c(Cc2cc(C)c(C)cc2C)cc(C(C)(C)C)cc1Cc1cc(C(C)(C)C)cc(CC)c1OC(C)=O. The van der Waals surface area contributed by atoms with Gasteiger partial charge in [-0.3, -0.25) is 4.79 Å². The number of benzene rings is 3. The average molecular weight is 583 g/mol. The van der Waals surface area contributed by atoms with Crippen molar-refractivity contribution >= 4 is 11.9 Å². The molecule has 0 aliphatic rings. The number of carbonyl (C=O) groups is 2. The lowest BCUT2D eigenvalue weighted by Crippen LogP contribution is -2.17. The van der Waals surface area contributed by atoms with Crippen LogP contribution in [0.5, 0.6) is 11.5 Å². The zero-order chi connectivity index (χ0) is 32.4. The highest BCUT2D eigenvalue weighted by atomic mass is 16.5. The van der Waals surface area contributed by atoms with Gasteiger partial charge in [0.2, 0.25) is 0 Å². The quantitative estimate of drug-likeness (QED) is 0.151. The first-order valence-electron chi connectivity index (χ1n) is 15.3. The topological polar surface area (TPSA) is 52.6 Å². The van der Waals surface area contributed by atoms with Crippen molar-refractivity contribution in [1.29, 1.82) is 0 Å². The van der Waals surface area contributed by atoms with Crippen molar-refractivity contribution in [2.24, 2.45) is 0 Å². The third-order valence-electron chi connectivity index (χ3n) is 8.10. The highest BCUT2D eigenvalue weighted by Crippen LogP contribution is 2.39. The third kappa shape index (κ3) is 8.25. The molecule has 0 atom stereocenters. The molecule has 3 aromatic carbocycles. The second kappa shape index (κ2) is 12.9. The van der Waals surface area contributed by atoms with Crippen LogP contribution in [0, 0.1) is 20.8 Å². The van der Waals surface area contributed by atoms with Gasteiger partial charge in [0.15, 0.2) is 0 Å². The maximum atomic E-state index is 13.1. The van der Waals surface area contributed by atoms with E-state index in [1.54, 1.807) is 6.92 Å². The van der Waals surface area contributed by atoms with E-state index in [4.69, 9.17) is 9.47 Å². The largest absolute Gasteiger partial charge is 0.426 e. The summed E-state index contributed by atoms with van der Waals surface area (Å²) in [6, 6.07) is 13.0. The van der Waals surface area contributed by atoms with Gasteiger partial charge in [0, 0.05) is 30.9 Å². The minimum atomic E-state index is -0.458. The standard InChI is InChI=1S/C39H50O4/c1-14-28-19-33(38(8,9)10)21-31(35(28)42-27(7)40)18-32-22-34(39(11,12)13)20-30(36(32)43-37(41)23(2)3)17-29-16-25(5)24(4)15-26(29)6/h15-16,19-22H,2,14,17-18H2,1,3-13H3. The fourth-order valence-corrected chi connectivity index (χ4v) is 5.24. The van der Waals surface area contributed by atoms with Crippen LogP contribution in [0.3, 0.4) is 0 Å². The smallest absolute Gasteiger partial charge is 0.338 e. The molecule has 4 nitrogen and oxygen atoms in total. The first-order chi connectivity index (χ1) is 19.8. The Morgan fingerprint density at radius 2 is 1.05 bits per heavy atom. The van der Waals surface area contributed by atoms with Crippen molar-refractivity contribution in [3.05, 3.63) is 104 Å². The Hall–Kier alpha value is -3.66. The van der Waals surface area contributed by atoms with Crippen molar-refractivity contribution in [3.63, 3.8) is 0 Å². The molecule has 0 saturated carbocycles. The number of carbonyl (C=O) groups excluding carboxylic acids is 2. The summed E-state index contributed by atoms with van der Waals surface area (Å²) in [5.41, 5.74) is 10.9. The normalized spacial score (nSPS) is 11.8. The molecule has 0 aliphatic carbocycles. The van der Waals surface area contributed by atoms with E-state index in [1.165, 1.54) is 29.2 Å². The van der Waals surface area contributed by atoms with Crippen LogP contribution in [0.15, 0.2) is 48.6 Å². The molecular formula is C39H50O4. The third-order valence-corrected chi connectivity index (χ3v) is 8.10. The number of ether oxygens (including phenoxy) is 2. The molecule has 4 heteroatoms. The van der Waals surface area contributed by atoms with Crippen LogP contribution < -0.4 is 9.47 Å². The molecule has 0 unspecified atom stereocenters. The Labute approximate surface area is 259 Å². The zero-order valence-electron chi connectivity index (χ0n) is 28.4. The van der Waals surface area contributed by atoms with E-state index in [-0.39, 0.29) is 16.8 Å². The Bertz CT molecular complexity index is 1560. The molecule has 0 fully saturated rings. The van der Waals surface area contributed by atoms with Gasteiger partial charge in [-0.1, -0.05) is 91.4 Å². The molecule has 0 heterocycles. The molecule has 0 N–H and O–H groups in total.